The molecular weight excluding hydrogens is 447 g/mol. The van der Waals surface area contributed by atoms with Gasteiger partial charge in [-0.2, -0.15) is 0 Å². The first kappa shape index (κ1) is 22.5. The molecule has 4 N–H and O–H groups in total. The molecule has 5 rings (SSSR count). The molecule has 0 amide bonds. The zero-order valence-corrected chi connectivity index (χ0v) is 19.0. The first-order valence-corrected chi connectivity index (χ1v) is 12.3. The monoisotopic (exact) mass is 474 g/mol. The number of halogens is 1. The Morgan fingerprint density at radius 1 is 1.12 bits per heavy atom. The molecule has 9 nitrogen and oxygen atoms in total. The molecule has 0 saturated heterocycles. The van der Waals surface area contributed by atoms with Gasteiger partial charge in [-0.1, -0.05) is 42.5 Å². The first-order valence-electron chi connectivity index (χ1n) is 11.3. The Hall–Kier alpha value is -2.34. The lowest BCUT2D eigenvalue weighted by atomic mass is 10.1. The Labute approximate surface area is 194 Å². The van der Waals surface area contributed by atoms with E-state index < -0.39 is 24.4 Å². The van der Waals surface area contributed by atoms with Gasteiger partial charge in [0.2, 0.25) is 0 Å². The largest absolute Gasteiger partial charge is 0.390 e. The van der Waals surface area contributed by atoms with Crippen molar-refractivity contribution in [3.8, 4) is 0 Å². The molecule has 176 valence electrons. The van der Waals surface area contributed by atoms with Gasteiger partial charge in [-0.25, -0.2) is 19.0 Å². The minimum Gasteiger partial charge on any atom is -0.390 e. The van der Waals surface area contributed by atoms with Crippen molar-refractivity contribution in [1.29, 1.82) is 0 Å². The van der Waals surface area contributed by atoms with E-state index in [4.69, 9.17) is 0 Å². The molecule has 0 radical (unpaired) electrons. The van der Waals surface area contributed by atoms with E-state index in [0.717, 1.165) is 30.6 Å². The average Bonchev–Trinajstić information content (AvgIpc) is 3.36. The lowest BCUT2D eigenvalue weighted by Gasteiger charge is -2.16. The predicted molar refractivity (Wildman–Crippen MR) is 122 cm³/mol. The highest BCUT2D eigenvalue weighted by Gasteiger charge is 2.43. The second kappa shape index (κ2) is 9.13. The fourth-order valence-corrected chi connectivity index (χ4v) is 5.26. The van der Waals surface area contributed by atoms with Gasteiger partial charge in [-0.05, 0) is 30.5 Å². The van der Waals surface area contributed by atoms with Gasteiger partial charge in [0, 0.05) is 24.1 Å². The van der Waals surface area contributed by atoms with Gasteiger partial charge in [0.05, 0.1) is 12.1 Å². The normalized spacial score (nSPS) is 29.0. The van der Waals surface area contributed by atoms with Crippen LogP contribution < -0.4 is 5.32 Å². The number of fused-ring (bicyclic) bond motifs is 1. The zero-order chi connectivity index (χ0) is 23.1. The third-order valence-electron chi connectivity index (χ3n) is 6.38. The summed E-state index contributed by atoms with van der Waals surface area (Å²) in [6, 6.07) is 6.04. The number of unbranched alkanes of at least 4 members (excludes halogenated alkanes) is 1. The van der Waals surface area contributed by atoms with E-state index in [1.807, 2.05) is 0 Å². The maximum absolute atomic E-state index is 13.3. The molecule has 0 spiro atoms. The maximum Gasteiger partial charge on any atom is 0.191 e. The van der Waals surface area contributed by atoms with Gasteiger partial charge in [0.25, 0.3) is 0 Å². The SMILES string of the molecule is CCCCSc1nc(NC2CC2c2ccc(F)cc2)c2nnn([C@@H]3C[C@H](O)[C@H](O)[C@H]3O)c2n1. The van der Waals surface area contributed by atoms with Crippen LogP contribution in [0.5, 0.6) is 0 Å². The predicted octanol–water partition coefficient (Wildman–Crippen LogP) is 2.25. The maximum atomic E-state index is 13.3. The third kappa shape index (κ3) is 4.42. The molecule has 2 fully saturated rings. The van der Waals surface area contributed by atoms with Gasteiger partial charge in [0.1, 0.15) is 18.0 Å². The molecule has 0 bridgehead atoms. The lowest BCUT2D eigenvalue weighted by Crippen LogP contribution is -2.31. The number of aliphatic hydroxyl groups is 3. The van der Waals surface area contributed by atoms with Gasteiger partial charge in [0.15, 0.2) is 22.1 Å². The molecule has 2 saturated carbocycles. The van der Waals surface area contributed by atoms with Crippen molar-refractivity contribution in [3.05, 3.63) is 35.6 Å². The van der Waals surface area contributed by atoms with Crippen molar-refractivity contribution in [2.75, 3.05) is 11.1 Å². The summed E-state index contributed by atoms with van der Waals surface area (Å²) in [6.45, 7) is 2.12. The molecular formula is C22H27FN6O3S. The Kier molecular flexibility index (Phi) is 6.21. The van der Waals surface area contributed by atoms with Crippen molar-refractivity contribution >= 4 is 28.7 Å². The number of rotatable bonds is 8. The Bertz CT molecular complexity index is 1130. The van der Waals surface area contributed by atoms with Crippen molar-refractivity contribution < 1.29 is 19.7 Å². The van der Waals surface area contributed by atoms with Crippen molar-refractivity contribution in [1.82, 2.24) is 25.0 Å². The number of aromatic nitrogens is 5. The van der Waals surface area contributed by atoms with Crippen LogP contribution in [-0.4, -0.2) is 70.4 Å². The van der Waals surface area contributed by atoms with Crippen LogP contribution >= 0.6 is 11.8 Å². The number of anilines is 1. The summed E-state index contributed by atoms with van der Waals surface area (Å²) in [6.07, 6.45) is -0.310. The summed E-state index contributed by atoms with van der Waals surface area (Å²) in [5.41, 5.74) is 2.00. The summed E-state index contributed by atoms with van der Waals surface area (Å²) in [4.78, 5) is 9.33. The van der Waals surface area contributed by atoms with E-state index in [0.29, 0.717) is 22.1 Å². The molecule has 0 aliphatic heterocycles. The van der Waals surface area contributed by atoms with Crippen molar-refractivity contribution in [2.45, 2.75) is 74.1 Å². The number of hydrogen-bond donors (Lipinski definition) is 4. The topological polar surface area (TPSA) is 129 Å². The lowest BCUT2D eigenvalue weighted by molar-refractivity contribution is -0.0253. The summed E-state index contributed by atoms with van der Waals surface area (Å²) >= 11 is 1.54. The highest BCUT2D eigenvalue weighted by molar-refractivity contribution is 7.99. The Morgan fingerprint density at radius 3 is 2.61 bits per heavy atom. The van der Waals surface area contributed by atoms with E-state index in [1.165, 1.54) is 16.8 Å². The fourth-order valence-electron chi connectivity index (χ4n) is 4.34. The van der Waals surface area contributed by atoms with Crippen LogP contribution in [0.15, 0.2) is 29.4 Å². The molecule has 2 aliphatic carbocycles. The highest BCUT2D eigenvalue weighted by atomic mass is 32.2. The van der Waals surface area contributed by atoms with Crippen LogP contribution in [0.25, 0.3) is 11.2 Å². The number of hydrogen-bond acceptors (Lipinski definition) is 9. The van der Waals surface area contributed by atoms with Crippen LogP contribution in [0.4, 0.5) is 10.2 Å². The quantitative estimate of drug-likeness (QED) is 0.221. The number of aliphatic hydroxyl groups excluding tert-OH is 3. The summed E-state index contributed by atoms with van der Waals surface area (Å²) in [5.74, 6) is 1.43. The van der Waals surface area contributed by atoms with E-state index >= 15 is 0 Å². The average molecular weight is 475 g/mol. The second-order valence-electron chi connectivity index (χ2n) is 8.76. The second-order valence-corrected chi connectivity index (χ2v) is 9.82. The first-order chi connectivity index (χ1) is 16.0. The molecule has 2 heterocycles. The van der Waals surface area contributed by atoms with Gasteiger partial charge >= 0.3 is 0 Å². The summed E-state index contributed by atoms with van der Waals surface area (Å²) < 4.78 is 14.8. The van der Waals surface area contributed by atoms with Crippen LogP contribution in [-0.2, 0) is 0 Å². The minimum atomic E-state index is -1.24. The minimum absolute atomic E-state index is 0.132. The Morgan fingerprint density at radius 2 is 1.91 bits per heavy atom. The van der Waals surface area contributed by atoms with Crippen LogP contribution in [0.1, 0.15) is 50.1 Å². The van der Waals surface area contributed by atoms with Gasteiger partial charge in [-0.3, -0.25) is 0 Å². The van der Waals surface area contributed by atoms with Gasteiger partial charge < -0.3 is 20.6 Å². The number of nitrogens with one attached hydrogen (secondary N) is 1. The summed E-state index contributed by atoms with van der Waals surface area (Å²) in [5, 5.41) is 42.9. The van der Waals surface area contributed by atoms with E-state index in [2.05, 4.69) is 32.5 Å². The molecule has 2 aromatic heterocycles. The fraction of sp³-hybridized carbons (Fsp3) is 0.545. The molecule has 3 aromatic rings. The third-order valence-corrected chi connectivity index (χ3v) is 7.31. The summed E-state index contributed by atoms with van der Waals surface area (Å²) in [7, 11) is 0. The smallest absolute Gasteiger partial charge is 0.191 e. The van der Waals surface area contributed by atoms with E-state index in [1.54, 1.807) is 23.9 Å². The Balaban J connectivity index is 1.44. The molecule has 1 aromatic carbocycles. The van der Waals surface area contributed by atoms with E-state index in [-0.39, 0.29) is 24.2 Å². The molecule has 33 heavy (non-hydrogen) atoms. The van der Waals surface area contributed by atoms with Crippen molar-refractivity contribution in [2.24, 2.45) is 0 Å². The zero-order valence-electron chi connectivity index (χ0n) is 18.2. The number of benzene rings is 1. The standard InChI is InChI=1S/C22H27FN6O3S/c1-2-3-8-33-22-25-20(24-14-9-13(14)11-4-6-12(23)7-5-11)17-21(26-22)29(28-27-17)15-10-16(30)19(32)18(15)31/h4-7,13-16,18-19,30-32H,2-3,8-10H2,1H3,(H,24,25,26)/t13?,14?,15-,16+,18+,19+/m1/s1. The molecule has 11 heteroatoms. The van der Waals surface area contributed by atoms with Crippen molar-refractivity contribution in [3.63, 3.8) is 0 Å². The van der Waals surface area contributed by atoms with E-state index in [9.17, 15) is 19.7 Å². The van der Waals surface area contributed by atoms with Crippen LogP contribution in [0.3, 0.4) is 0 Å². The number of thioether (sulfide) groups is 1. The molecule has 6 atom stereocenters. The number of nitrogens with zero attached hydrogens (tertiary/aromatic N) is 5. The van der Waals surface area contributed by atoms with Gasteiger partial charge in [-0.15, -0.1) is 5.10 Å². The molecule has 2 aliphatic rings. The van der Waals surface area contributed by atoms with Crippen LogP contribution in [0.2, 0.25) is 0 Å². The highest BCUT2D eigenvalue weighted by Crippen LogP contribution is 2.43. The van der Waals surface area contributed by atoms with Crippen LogP contribution in [0, 0.1) is 5.82 Å². The molecule has 2 unspecified atom stereocenters.